The van der Waals surface area contributed by atoms with Gasteiger partial charge in [-0.15, -0.1) is 0 Å². The quantitative estimate of drug-likeness (QED) is 0.516. The Kier molecular flexibility index (Phi) is 6.80. The maximum absolute atomic E-state index is 12.3. The highest BCUT2D eigenvalue weighted by molar-refractivity contribution is 6.34. The molecule has 144 valence electrons. The van der Waals surface area contributed by atoms with Gasteiger partial charge < -0.3 is 14.8 Å². The van der Waals surface area contributed by atoms with Gasteiger partial charge in [-0.2, -0.15) is 0 Å². The first-order chi connectivity index (χ1) is 13.5. The van der Waals surface area contributed by atoms with E-state index in [0.29, 0.717) is 28.1 Å². The van der Waals surface area contributed by atoms with Crippen LogP contribution in [0, 0.1) is 0 Å². The molecule has 0 unspecified atom stereocenters. The number of rotatable bonds is 7. The molecule has 6 heteroatoms. The number of carbonyl (C=O) groups excluding carboxylic acids is 1. The topological polar surface area (TPSA) is 47.6 Å². The normalized spacial score (nSPS) is 11.5. The second kappa shape index (κ2) is 9.49. The van der Waals surface area contributed by atoms with Crippen molar-refractivity contribution >= 4 is 34.8 Å². The van der Waals surface area contributed by atoms with E-state index in [1.54, 1.807) is 49.4 Å². The van der Waals surface area contributed by atoms with Crippen molar-refractivity contribution in [2.75, 3.05) is 5.32 Å². The summed E-state index contributed by atoms with van der Waals surface area (Å²) in [7, 11) is 0. The molecule has 1 amide bonds. The van der Waals surface area contributed by atoms with Crippen LogP contribution in [0.1, 0.15) is 12.5 Å². The molecule has 0 radical (unpaired) electrons. The number of halogens is 2. The van der Waals surface area contributed by atoms with Crippen LogP contribution < -0.4 is 14.8 Å². The number of hydrogen-bond acceptors (Lipinski definition) is 3. The number of ether oxygens (including phenoxy) is 2. The zero-order valence-corrected chi connectivity index (χ0v) is 16.7. The number of amides is 1. The molecule has 28 heavy (non-hydrogen) atoms. The molecule has 0 spiro atoms. The zero-order chi connectivity index (χ0) is 19.9. The molecule has 3 aromatic rings. The molecule has 0 aromatic heterocycles. The van der Waals surface area contributed by atoms with Crippen molar-refractivity contribution in [2.45, 2.75) is 19.6 Å². The second-order valence-corrected chi connectivity index (χ2v) is 7.03. The van der Waals surface area contributed by atoms with E-state index < -0.39 is 6.10 Å². The summed E-state index contributed by atoms with van der Waals surface area (Å²) in [5.74, 6) is 0.874. The molecule has 1 N–H and O–H groups in total. The van der Waals surface area contributed by atoms with Gasteiger partial charge in [0.25, 0.3) is 5.91 Å². The molecule has 0 aliphatic rings. The van der Waals surface area contributed by atoms with Gasteiger partial charge in [-0.1, -0.05) is 53.5 Å². The van der Waals surface area contributed by atoms with Crippen molar-refractivity contribution in [3.8, 4) is 11.5 Å². The number of carbonyl (C=O) groups is 1. The van der Waals surface area contributed by atoms with Gasteiger partial charge in [0.2, 0.25) is 0 Å². The van der Waals surface area contributed by atoms with Crippen LogP contribution in [-0.4, -0.2) is 12.0 Å². The molecule has 0 aliphatic carbocycles. The zero-order valence-electron chi connectivity index (χ0n) is 15.2. The third-order valence-electron chi connectivity index (χ3n) is 3.89. The maximum Gasteiger partial charge on any atom is 0.265 e. The predicted molar refractivity (Wildman–Crippen MR) is 112 cm³/mol. The third kappa shape index (κ3) is 5.91. The molecule has 0 saturated carbocycles. The van der Waals surface area contributed by atoms with Crippen LogP contribution in [0.5, 0.6) is 11.5 Å². The first-order valence-electron chi connectivity index (χ1n) is 8.70. The van der Waals surface area contributed by atoms with E-state index in [1.165, 1.54) is 0 Å². The average molecular weight is 416 g/mol. The molecule has 0 aliphatic heterocycles. The van der Waals surface area contributed by atoms with E-state index in [2.05, 4.69) is 5.32 Å². The third-order valence-corrected chi connectivity index (χ3v) is 4.32. The predicted octanol–water partition coefficient (Wildman–Crippen LogP) is 5.98. The molecule has 0 saturated heterocycles. The minimum absolute atomic E-state index is 0.283. The Balaban J connectivity index is 1.53. The summed E-state index contributed by atoms with van der Waals surface area (Å²) in [4.78, 5) is 12.3. The van der Waals surface area contributed by atoms with Gasteiger partial charge in [-0.25, -0.2) is 0 Å². The lowest BCUT2D eigenvalue weighted by Crippen LogP contribution is -2.30. The average Bonchev–Trinajstić information content (AvgIpc) is 2.67. The van der Waals surface area contributed by atoms with Crippen LogP contribution in [0.4, 0.5) is 5.69 Å². The van der Waals surface area contributed by atoms with Crippen molar-refractivity contribution in [3.05, 3.63) is 88.4 Å². The molecule has 1 atom stereocenters. The Bertz CT molecular complexity index is 910. The number of benzene rings is 3. The summed E-state index contributed by atoms with van der Waals surface area (Å²) in [6.45, 7) is 2.14. The fourth-order valence-corrected chi connectivity index (χ4v) is 2.98. The Labute approximate surface area is 174 Å². The summed E-state index contributed by atoms with van der Waals surface area (Å²) in [6, 6.07) is 21.9. The van der Waals surface area contributed by atoms with Crippen molar-refractivity contribution in [1.29, 1.82) is 0 Å². The van der Waals surface area contributed by atoms with Crippen molar-refractivity contribution in [1.82, 2.24) is 0 Å². The molecular formula is C22H19Cl2NO3. The molecule has 3 rings (SSSR count). The second-order valence-electron chi connectivity index (χ2n) is 6.15. The fraction of sp³-hybridized carbons (Fsp3) is 0.136. The molecule has 0 fully saturated rings. The minimum Gasteiger partial charge on any atom is -0.489 e. The van der Waals surface area contributed by atoms with Crippen LogP contribution in [0.3, 0.4) is 0 Å². The smallest absolute Gasteiger partial charge is 0.265 e. The van der Waals surface area contributed by atoms with Crippen LogP contribution >= 0.6 is 23.2 Å². The number of anilines is 1. The molecule has 4 nitrogen and oxygen atoms in total. The highest BCUT2D eigenvalue weighted by atomic mass is 35.5. The lowest BCUT2D eigenvalue weighted by molar-refractivity contribution is -0.122. The summed E-state index contributed by atoms with van der Waals surface area (Å²) in [6.07, 6.45) is -0.719. The standard InChI is InChI=1S/C22H19Cl2NO3/c1-15(28-21-12-17(23)11-18(24)13-21)22(26)25-19-7-9-20(10-8-19)27-14-16-5-3-2-4-6-16/h2-13,15H,14H2,1H3,(H,25,26)/t15-/m0/s1. The van der Waals surface area contributed by atoms with Crippen LogP contribution in [0.2, 0.25) is 10.0 Å². The van der Waals surface area contributed by atoms with E-state index in [1.807, 2.05) is 30.3 Å². The van der Waals surface area contributed by atoms with Crippen molar-refractivity contribution in [3.63, 3.8) is 0 Å². The highest BCUT2D eigenvalue weighted by Crippen LogP contribution is 2.25. The van der Waals surface area contributed by atoms with Crippen LogP contribution in [0.25, 0.3) is 0 Å². The van der Waals surface area contributed by atoms with Crippen molar-refractivity contribution in [2.24, 2.45) is 0 Å². The van der Waals surface area contributed by atoms with Crippen molar-refractivity contribution < 1.29 is 14.3 Å². The Morgan fingerprint density at radius 1 is 0.929 bits per heavy atom. The SMILES string of the molecule is C[C@H](Oc1cc(Cl)cc(Cl)c1)C(=O)Nc1ccc(OCc2ccccc2)cc1. The lowest BCUT2D eigenvalue weighted by Gasteiger charge is -2.15. The Morgan fingerprint density at radius 3 is 2.21 bits per heavy atom. The Hall–Kier alpha value is -2.69. The van der Waals surface area contributed by atoms with E-state index >= 15 is 0 Å². The monoisotopic (exact) mass is 415 g/mol. The molecule has 0 heterocycles. The van der Waals surface area contributed by atoms with Gasteiger partial charge in [-0.05, 0) is 55.0 Å². The largest absolute Gasteiger partial charge is 0.489 e. The maximum atomic E-state index is 12.3. The van der Waals surface area contributed by atoms with Gasteiger partial charge in [0.15, 0.2) is 6.10 Å². The Morgan fingerprint density at radius 2 is 1.57 bits per heavy atom. The van der Waals surface area contributed by atoms with E-state index in [0.717, 1.165) is 11.3 Å². The summed E-state index contributed by atoms with van der Waals surface area (Å²) < 4.78 is 11.4. The molecular weight excluding hydrogens is 397 g/mol. The van der Waals surface area contributed by atoms with Crippen LogP contribution in [-0.2, 0) is 11.4 Å². The fourth-order valence-electron chi connectivity index (χ4n) is 2.47. The number of hydrogen-bond donors (Lipinski definition) is 1. The molecule has 0 bridgehead atoms. The van der Waals surface area contributed by atoms with Gasteiger partial charge in [0.1, 0.15) is 18.1 Å². The van der Waals surface area contributed by atoms with Crippen LogP contribution in [0.15, 0.2) is 72.8 Å². The van der Waals surface area contributed by atoms with Gasteiger partial charge in [0, 0.05) is 15.7 Å². The van der Waals surface area contributed by atoms with Gasteiger partial charge in [-0.3, -0.25) is 4.79 Å². The van der Waals surface area contributed by atoms with E-state index in [-0.39, 0.29) is 5.91 Å². The lowest BCUT2D eigenvalue weighted by atomic mass is 10.2. The summed E-state index contributed by atoms with van der Waals surface area (Å²) in [5, 5.41) is 3.70. The van der Waals surface area contributed by atoms with E-state index in [4.69, 9.17) is 32.7 Å². The minimum atomic E-state index is -0.719. The number of nitrogens with one attached hydrogen (secondary N) is 1. The van der Waals surface area contributed by atoms with Gasteiger partial charge >= 0.3 is 0 Å². The first-order valence-corrected chi connectivity index (χ1v) is 9.45. The van der Waals surface area contributed by atoms with E-state index in [9.17, 15) is 4.79 Å². The summed E-state index contributed by atoms with van der Waals surface area (Å²) in [5.41, 5.74) is 1.74. The first kappa shape index (κ1) is 20.1. The van der Waals surface area contributed by atoms with Gasteiger partial charge in [0.05, 0.1) is 0 Å². The summed E-state index contributed by atoms with van der Waals surface area (Å²) >= 11 is 11.9. The highest BCUT2D eigenvalue weighted by Gasteiger charge is 2.15. The molecule has 3 aromatic carbocycles.